The topological polar surface area (TPSA) is 180 Å². The van der Waals surface area contributed by atoms with Crippen molar-refractivity contribution in [3.05, 3.63) is 126 Å². The number of rotatable bonds is 12. The Hall–Kier alpha value is -6.87. The normalized spacial score (nSPS) is 23.6. The van der Waals surface area contributed by atoms with E-state index in [1.54, 1.807) is 0 Å². The van der Waals surface area contributed by atoms with Gasteiger partial charge >= 0.3 is 6.09 Å². The molecule has 66 heavy (non-hydrogen) atoms. The number of aromatic amines is 2. The second-order valence-corrected chi connectivity index (χ2v) is 18.0. The van der Waals surface area contributed by atoms with Crippen molar-refractivity contribution >= 4 is 35.5 Å². The van der Waals surface area contributed by atoms with E-state index in [-0.39, 0.29) is 36.0 Å². The Labute approximate surface area is 383 Å². The predicted molar refractivity (Wildman–Crippen MR) is 247 cm³/mol. The molecule has 0 unspecified atom stereocenters. The summed E-state index contributed by atoms with van der Waals surface area (Å²) in [4.78, 5) is 82.0. The number of fused-ring (bicyclic) bond motifs is 3. The summed E-state index contributed by atoms with van der Waals surface area (Å²) in [5.74, 6) is 1.93. The first-order chi connectivity index (χ1) is 32.4. The fourth-order valence-corrected chi connectivity index (χ4v) is 11.2. The SMILES string of the molecule is COO/C=N\[C@@H](C(=O)N1[C@H](c2nc3cc(-c4ccc(-c5cnc([C@@H]6C[C@@H]7CCCC[C@@H]7N6C(=O)[C@H](NC(=O)OC)c6ccccc6)[nH]5)cc4)cnc3[nH]2)C[C@@H]2CCCC[C@@H]21)c1ccccc1. The Morgan fingerprint density at radius 3 is 2.00 bits per heavy atom. The Balaban J connectivity index is 0.891. The number of likely N-dealkylation sites (tertiary alicyclic amines) is 2. The molecule has 10 rings (SSSR count). The molecular weight excluding hydrogens is 835 g/mol. The Kier molecular flexibility index (Phi) is 12.3. The zero-order valence-electron chi connectivity index (χ0n) is 37.2. The molecular formula is C51H55N9O6. The molecule has 3 aromatic heterocycles. The molecule has 4 aliphatic rings. The van der Waals surface area contributed by atoms with Crippen molar-refractivity contribution in [2.24, 2.45) is 16.8 Å². The summed E-state index contributed by atoms with van der Waals surface area (Å²) >= 11 is 0. The number of imidazole rings is 2. The number of carbonyl (C=O) groups excluding carboxylic acids is 3. The number of nitrogens with one attached hydrogen (secondary N) is 3. The van der Waals surface area contributed by atoms with Crippen LogP contribution in [0.2, 0.25) is 0 Å². The number of hydrogen-bond donors (Lipinski definition) is 3. The van der Waals surface area contributed by atoms with Crippen LogP contribution in [0.5, 0.6) is 0 Å². The van der Waals surface area contributed by atoms with Gasteiger partial charge in [0, 0.05) is 23.8 Å². The largest absolute Gasteiger partial charge is 0.453 e. The van der Waals surface area contributed by atoms with Crippen molar-refractivity contribution in [2.75, 3.05) is 14.2 Å². The number of pyridine rings is 1. The number of aromatic nitrogens is 5. The van der Waals surface area contributed by atoms with Gasteiger partial charge in [-0.1, -0.05) is 111 Å². The fraction of sp³-hybridized carbons (Fsp3) is 0.392. The summed E-state index contributed by atoms with van der Waals surface area (Å²) in [7, 11) is 2.71. The maximum atomic E-state index is 14.7. The lowest BCUT2D eigenvalue weighted by Crippen LogP contribution is -2.47. The summed E-state index contributed by atoms with van der Waals surface area (Å²) in [5, 5.41) is 2.81. The first-order valence-corrected chi connectivity index (χ1v) is 23.2. The van der Waals surface area contributed by atoms with Crippen molar-refractivity contribution in [1.82, 2.24) is 40.0 Å². The first kappa shape index (κ1) is 43.0. The third-order valence-electron chi connectivity index (χ3n) is 14.3. The van der Waals surface area contributed by atoms with Crippen molar-refractivity contribution in [2.45, 2.75) is 100 Å². The predicted octanol–water partition coefficient (Wildman–Crippen LogP) is 9.12. The third kappa shape index (κ3) is 8.43. The molecule has 3 N–H and O–H groups in total. The molecule has 0 radical (unpaired) electrons. The standard InChI is InChI=1S/C51H55N9O6/c1-64-51(63)57-45(34-15-7-4-8-16-34)50(62)59-40-19-11-9-17-35(40)26-42(59)47-53-29-39(56-47)32-23-21-31(22-24-32)37-25-38-46(52-28-37)58-48(55-38)43-27-36-18-10-12-20-41(36)60(43)49(61)44(54-30-66-65-2)33-13-5-3-6-14-33/h3-8,13-16,21-25,28-30,35-36,40-45H,9-12,17-20,26-27H2,1-2H3,(H,53,56)(H,57,63)(H,52,55,58)/b54-30-/t35-,36-,40-,41-,42-,43-,44+,45+/m0/s1. The van der Waals surface area contributed by atoms with E-state index in [1.807, 2.05) is 88.9 Å². The number of amides is 3. The van der Waals surface area contributed by atoms with Crippen LogP contribution >= 0.6 is 0 Å². The van der Waals surface area contributed by atoms with Crippen LogP contribution in [0.1, 0.15) is 111 Å². The number of carbonyl (C=O) groups is 3. The van der Waals surface area contributed by atoms with Gasteiger partial charge in [-0.25, -0.2) is 24.7 Å². The van der Waals surface area contributed by atoms with Gasteiger partial charge < -0.3 is 34.7 Å². The zero-order valence-corrected chi connectivity index (χ0v) is 37.2. The van der Waals surface area contributed by atoms with Crippen LogP contribution < -0.4 is 5.32 Å². The van der Waals surface area contributed by atoms with Crippen molar-refractivity contribution < 1.29 is 28.9 Å². The smallest absolute Gasteiger partial charge is 0.407 e. The molecule has 2 saturated carbocycles. The summed E-state index contributed by atoms with van der Waals surface area (Å²) in [6, 6.07) is 27.1. The van der Waals surface area contributed by atoms with Gasteiger partial charge in [0.1, 0.15) is 23.2 Å². The number of aliphatic imine (C=N–C) groups is 1. The van der Waals surface area contributed by atoms with Crippen molar-refractivity contribution in [1.29, 1.82) is 0 Å². The summed E-state index contributed by atoms with van der Waals surface area (Å²) in [5.41, 5.74) is 6.56. The fourth-order valence-electron chi connectivity index (χ4n) is 11.2. The molecule has 4 fully saturated rings. The summed E-state index contributed by atoms with van der Waals surface area (Å²) in [6.45, 7) is 0. The maximum Gasteiger partial charge on any atom is 0.407 e. The molecule has 3 aromatic carbocycles. The van der Waals surface area contributed by atoms with Gasteiger partial charge in [0.15, 0.2) is 11.7 Å². The molecule has 2 aliphatic heterocycles. The second kappa shape index (κ2) is 18.9. The van der Waals surface area contributed by atoms with Crippen LogP contribution in [0, 0.1) is 11.8 Å². The summed E-state index contributed by atoms with van der Waals surface area (Å²) < 4.78 is 4.95. The average Bonchev–Trinajstić information content (AvgIpc) is 4.18. The molecule has 8 atom stereocenters. The van der Waals surface area contributed by atoms with Crippen LogP contribution in [0.15, 0.2) is 108 Å². The van der Waals surface area contributed by atoms with Gasteiger partial charge in [-0.05, 0) is 78.7 Å². The van der Waals surface area contributed by atoms with E-state index in [0.29, 0.717) is 23.0 Å². The molecule has 5 heterocycles. The maximum absolute atomic E-state index is 14.7. The highest BCUT2D eigenvalue weighted by atomic mass is 17.2. The number of benzene rings is 3. The molecule has 0 spiro atoms. The van der Waals surface area contributed by atoms with Gasteiger partial charge in [0.2, 0.25) is 6.40 Å². The number of methoxy groups -OCH3 is 1. The Morgan fingerprint density at radius 1 is 0.712 bits per heavy atom. The Bertz CT molecular complexity index is 2690. The lowest BCUT2D eigenvalue weighted by Gasteiger charge is -2.36. The summed E-state index contributed by atoms with van der Waals surface area (Å²) in [6.07, 6.45) is 14.2. The van der Waals surface area contributed by atoms with Crippen molar-refractivity contribution in [3.63, 3.8) is 0 Å². The molecule has 6 aromatic rings. The van der Waals surface area contributed by atoms with Gasteiger partial charge in [-0.15, -0.1) is 0 Å². The van der Waals surface area contributed by atoms with Gasteiger partial charge in [-0.3, -0.25) is 9.59 Å². The number of nitrogens with zero attached hydrogens (tertiary/aromatic N) is 6. The molecule has 0 bridgehead atoms. The van der Waals surface area contributed by atoms with Crippen LogP contribution in [0.3, 0.4) is 0 Å². The van der Waals surface area contributed by atoms with E-state index in [4.69, 9.17) is 29.5 Å². The molecule has 340 valence electrons. The number of ether oxygens (including phenoxy) is 1. The van der Waals surface area contributed by atoms with E-state index in [0.717, 1.165) is 109 Å². The van der Waals surface area contributed by atoms with Crippen LogP contribution in [-0.2, 0) is 24.1 Å². The van der Waals surface area contributed by atoms with E-state index >= 15 is 0 Å². The van der Waals surface area contributed by atoms with E-state index in [2.05, 4.69) is 44.5 Å². The lowest BCUT2D eigenvalue weighted by molar-refractivity contribution is -0.188. The molecule has 15 heteroatoms. The highest BCUT2D eigenvalue weighted by Crippen LogP contribution is 2.49. The first-order valence-electron chi connectivity index (χ1n) is 23.2. The third-order valence-corrected chi connectivity index (χ3v) is 14.3. The minimum atomic E-state index is -0.892. The van der Waals surface area contributed by atoms with E-state index < -0.39 is 18.2 Å². The van der Waals surface area contributed by atoms with Crippen LogP contribution in [0.4, 0.5) is 4.79 Å². The van der Waals surface area contributed by atoms with E-state index in [1.165, 1.54) is 20.6 Å². The molecule has 2 aliphatic carbocycles. The molecule has 3 amide bonds. The lowest BCUT2D eigenvalue weighted by atomic mass is 9.84. The monoisotopic (exact) mass is 889 g/mol. The van der Waals surface area contributed by atoms with Gasteiger partial charge in [0.05, 0.1) is 38.2 Å². The molecule has 2 saturated heterocycles. The van der Waals surface area contributed by atoms with Gasteiger partial charge in [0.25, 0.3) is 11.8 Å². The van der Waals surface area contributed by atoms with Crippen LogP contribution in [0.25, 0.3) is 33.5 Å². The number of alkyl carbamates (subject to hydrolysis) is 1. The minimum absolute atomic E-state index is 0.0589. The second-order valence-electron chi connectivity index (χ2n) is 18.0. The van der Waals surface area contributed by atoms with Gasteiger partial charge in [-0.2, -0.15) is 4.89 Å². The average molecular weight is 890 g/mol. The van der Waals surface area contributed by atoms with Crippen molar-refractivity contribution in [3.8, 4) is 22.4 Å². The highest BCUT2D eigenvalue weighted by Gasteiger charge is 2.49. The molecule has 15 nitrogen and oxygen atoms in total. The number of hydrogen-bond acceptors (Lipinski definition) is 10. The highest BCUT2D eigenvalue weighted by molar-refractivity contribution is 5.88. The Morgan fingerprint density at radius 2 is 1.33 bits per heavy atom. The van der Waals surface area contributed by atoms with Crippen LogP contribution in [-0.4, -0.2) is 85.3 Å². The zero-order chi connectivity index (χ0) is 45.1. The van der Waals surface area contributed by atoms with E-state index in [9.17, 15) is 14.4 Å². The quantitative estimate of drug-likeness (QED) is 0.0468. The minimum Gasteiger partial charge on any atom is -0.453 e. The number of H-pyrrole nitrogens is 2.